The van der Waals surface area contributed by atoms with Gasteiger partial charge in [0.1, 0.15) is 5.75 Å². The molecule has 0 aliphatic carbocycles. The maximum absolute atomic E-state index is 12.5. The second kappa shape index (κ2) is 9.06. The molecule has 0 aromatic heterocycles. The van der Waals surface area contributed by atoms with E-state index in [0.717, 1.165) is 49.1 Å². The zero-order chi connectivity index (χ0) is 18.4. The topological polar surface area (TPSA) is 32.8 Å². The summed E-state index contributed by atoms with van der Waals surface area (Å²) in [6.07, 6.45) is 0.445. The largest absolute Gasteiger partial charge is 0.494 e. The number of nitrogens with zero attached hydrogens (tertiary/aromatic N) is 2. The number of piperazine rings is 1. The molecule has 2 aromatic carbocycles. The third-order valence-electron chi connectivity index (χ3n) is 4.61. The predicted octanol–water partition coefficient (Wildman–Crippen LogP) is 3.63. The van der Waals surface area contributed by atoms with E-state index in [-0.39, 0.29) is 5.91 Å². The summed E-state index contributed by atoms with van der Waals surface area (Å²) >= 11 is 6.05. The molecule has 1 aliphatic rings. The van der Waals surface area contributed by atoms with Crippen LogP contribution in [-0.4, -0.2) is 48.5 Å². The second-order valence-electron chi connectivity index (χ2n) is 6.54. The Bertz CT molecular complexity index is 725. The molecule has 0 spiro atoms. The predicted molar refractivity (Wildman–Crippen MR) is 105 cm³/mol. The smallest absolute Gasteiger partial charge is 0.227 e. The van der Waals surface area contributed by atoms with Gasteiger partial charge in [0.2, 0.25) is 5.91 Å². The van der Waals surface area contributed by atoms with Gasteiger partial charge in [-0.2, -0.15) is 0 Å². The average Bonchev–Trinajstić information content (AvgIpc) is 2.64. The van der Waals surface area contributed by atoms with Crippen LogP contribution in [0.4, 0.5) is 0 Å². The average molecular weight is 373 g/mol. The van der Waals surface area contributed by atoms with E-state index in [2.05, 4.69) is 11.0 Å². The molecular weight excluding hydrogens is 348 g/mol. The Labute approximate surface area is 160 Å². The summed E-state index contributed by atoms with van der Waals surface area (Å²) in [5.41, 5.74) is 2.24. The fourth-order valence-electron chi connectivity index (χ4n) is 3.21. The molecule has 0 bridgehead atoms. The zero-order valence-electron chi connectivity index (χ0n) is 15.2. The number of benzene rings is 2. The van der Waals surface area contributed by atoms with Gasteiger partial charge in [0, 0.05) is 37.7 Å². The van der Waals surface area contributed by atoms with E-state index in [1.807, 2.05) is 54.3 Å². The molecule has 0 N–H and O–H groups in total. The van der Waals surface area contributed by atoms with Gasteiger partial charge in [-0.3, -0.25) is 9.69 Å². The van der Waals surface area contributed by atoms with Crippen LogP contribution in [0.5, 0.6) is 5.75 Å². The highest BCUT2D eigenvalue weighted by molar-refractivity contribution is 6.30. The Morgan fingerprint density at radius 2 is 1.77 bits per heavy atom. The Morgan fingerprint density at radius 1 is 1.04 bits per heavy atom. The van der Waals surface area contributed by atoms with Crippen molar-refractivity contribution in [3.05, 3.63) is 64.7 Å². The summed E-state index contributed by atoms with van der Waals surface area (Å²) in [6.45, 7) is 6.82. The van der Waals surface area contributed by atoms with Crippen molar-refractivity contribution in [3.63, 3.8) is 0 Å². The lowest BCUT2D eigenvalue weighted by Gasteiger charge is -2.35. The molecule has 1 heterocycles. The number of ether oxygens (including phenoxy) is 1. The maximum atomic E-state index is 12.5. The van der Waals surface area contributed by atoms with E-state index in [1.165, 1.54) is 5.56 Å². The molecule has 1 fully saturated rings. The molecule has 0 unspecified atom stereocenters. The Morgan fingerprint density at radius 3 is 2.42 bits per heavy atom. The van der Waals surface area contributed by atoms with Gasteiger partial charge in [-0.1, -0.05) is 35.9 Å². The van der Waals surface area contributed by atoms with Crippen molar-refractivity contribution < 1.29 is 9.53 Å². The van der Waals surface area contributed by atoms with Gasteiger partial charge in [-0.05, 0) is 42.3 Å². The lowest BCUT2D eigenvalue weighted by atomic mass is 10.1. The highest BCUT2D eigenvalue weighted by atomic mass is 35.5. The number of hydrogen-bond donors (Lipinski definition) is 0. The first kappa shape index (κ1) is 18.7. The summed E-state index contributed by atoms with van der Waals surface area (Å²) in [6, 6.07) is 15.8. The minimum absolute atomic E-state index is 0.191. The molecule has 26 heavy (non-hydrogen) atoms. The van der Waals surface area contributed by atoms with E-state index in [9.17, 15) is 4.79 Å². The van der Waals surface area contributed by atoms with Crippen LogP contribution in [0.3, 0.4) is 0 Å². The molecule has 0 saturated carbocycles. The van der Waals surface area contributed by atoms with Gasteiger partial charge >= 0.3 is 0 Å². The van der Waals surface area contributed by atoms with Crippen molar-refractivity contribution >= 4 is 17.5 Å². The quantitative estimate of drug-likeness (QED) is 0.776. The van der Waals surface area contributed by atoms with Crippen molar-refractivity contribution in [2.45, 2.75) is 19.9 Å². The first-order valence-corrected chi connectivity index (χ1v) is 9.48. The van der Waals surface area contributed by atoms with E-state index in [1.54, 1.807) is 0 Å². The Balaban J connectivity index is 1.47. The van der Waals surface area contributed by atoms with E-state index in [4.69, 9.17) is 16.3 Å². The molecule has 4 nitrogen and oxygen atoms in total. The molecule has 3 rings (SSSR count). The summed E-state index contributed by atoms with van der Waals surface area (Å²) < 4.78 is 5.44. The third-order valence-corrected chi connectivity index (χ3v) is 4.85. The molecule has 1 aliphatic heterocycles. The van der Waals surface area contributed by atoms with E-state index < -0.39 is 0 Å². The molecule has 2 aromatic rings. The van der Waals surface area contributed by atoms with Crippen molar-refractivity contribution in [3.8, 4) is 5.75 Å². The summed E-state index contributed by atoms with van der Waals surface area (Å²) in [5, 5.41) is 0.770. The monoisotopic (exact) mass is 372 g/mol. The summed E-state index contributed by atoms with van der Waals surface area (Å²) in [4.78, 5) is 16.9. The zero-order valence-corrected chi connectivity index (χ0v) is 15.9. The normalized spacial score (nSPS) is 15.1. The van der Waals surface area contributed by atoms with Crippen LogP contribution in [0.1, 0.15) is 18.1 Å². The fourth-order valence-corrected chi connectivity index (χ4v) is 3.42. The van der Waals surface area contributed by atoms with Gasteiger partial charge in [-0.25, -0.2) is 0 Å². The maximum Gasteiger partial charge on any atom is 0.227 e. The second-order valence-corrected chi connectivity index (χ2v) is 6.98. The van der Waals surface area contributed by atoms with Gasteiger partial charge in [0.25, 0.3) is 0 Å². The lowest BCUT2D eigenvalue weighted by molar-refractivity contribution is -0.132. The van der Waals surface area contributed by atoms with Crippen molar-refractivity contribution in [1.29, 1.82) is 0 Å². The first-order chi connectivity index (χ1) is 12.6. The van der Waals surface area contributed by atoms with Gasteiger partial charge in [0.05, 0.1) is 13.0 Å². The molecule has 5 heteroatoms. The molecule has 0 atom stereocenters. The number of rotatable bonds is 6. The minimum Gasteiger partial charge on any atom is -0.494 e. The number of carbonyl (C=O) groups is 1. The Kier molecular flexibility index (Phi) is 6.53. The Hall–Kier alpha value is -2.04. The number of carbonyl (C=O) groups excluding carboxylic acids is 1. The number of hydrogen-bond acceptors (Lipinski definition) is 3. The highest BCUT2D eigenvalue weighted by Gasteiger charge is 2.21. The highest BCUT2D eigenvalue weighted by Crippen LogP contribution is 2.16. The van der Waals surface area contributed by atoms with Crippen LogP contribution in [0.25, 0.3) is 0 Å². The standard InChI is InChI=1S/C21H25ClN2O2/c1-2-26-20-8-6-17(7-9-20)15-21(25)24-12-10-23(11-13-24)16-18-4-3-5-19(22)14-18/h3-9,14H,2,10-13,15-16H2,1H3. The molecular formula is C21H25ClN2O2. The van der Waals surface area contributed by atoms with Crippen LogP contribution < -0.4 is 4.74 Å². The van der Waals surface area contributed by atoms with Crippen LogP contribution in [0.2, 0.25) is 5.02 Å². The number of amides is 1. The van der Waals surface area contributed by atoms with Crippen molar-refractivity contribution in [2.75, 3.05) is 32.8 Å². The van der Waals surface area contributed by atoms with Gasteiger partial charge < -0.3 is 9.64 Å². The molecule has 138 valence electrons. The van der Waals surface area contributed by atoms with Crippen molar-refractivity contribution in [1.82, 2.24) is 9.80 Å². The van der Waals surface area contributed by atoms with Crippen LogP contribution in [0, 0.1) is 0 Å². The minimum atomic E-state index is 0.191. The first-order valence-electron chi connectivity index (χ1n) is 9.10. The van der Waals surface area contributed by atoms with Gasteiger partial charge in [-0.15, -0.1) is 0 Å². The SMILES string of the molecule is CCOc1ccc(CC(=O)N2CCN(Cc3cccc(Cl)c3)CC2)cc1. The number of halogens is 1. The summed E-state index contributed by atoms with van der Waals surface area (Å²) in [5.74, 6) is 1.04. The van der Waals surface area contributed by atoms with E-state index in [0.29, 0.717) is 13.0 Å². The molecule has 0 radical (unpaired) electrons. The van der Waals surface area contributed by atoms with Gasteiger partial charge in [0.15, 0.2) is 0 Å². The van der Waals surface area contributed by atoms with E-state index >= 15 is 0 Å². The van der Waals surface area contributed by atoms with Crippen LogP contribution >= 0.6 is 11.6 Å². The summed E-state index contributed by atoms with van der Waals surface area (Å²) in [7, 11) is 0. The molecule has 1 saturated heterocycles. The third kappa shape index (κ3) is 5.23. The fraction of sp³-hybridized carbons (Fsp3) is 0.381. The lowest BCUT2D eigenvalue weighted by Crippen LogP contribution is -2.48. The molecule has 1 amide bonds. The van der Waals surface area contributed by atoms with Crippen LogP contribution in [-0.2, 0) is 17.8 Å². The van der Waals surface area contributed by atoms with Crippen LogP contribution in [0.15, 0.2) is 48.5 Å². The van der Waals surface area contributed by atoms with Crippen molar-refractivity contribution in [2.24, 2.45) is 0 Å².